The summed E-state index contributed by atoms with van der Waals surface area (Å²) in [5.74, 6) is 0.479. The van der Waals surface area contributed by atoms with Crippen molar-refractivity contribution in [3.63, 3.8) is 0 Å². The molecular formula is C17H18N4O3. The second-order valence-corrected chi connectivity index (χ2v) is 5.58. The van der Waals surface area contributed by atoms with Gasteiger partial charge in [-0.05, 0) is 30.5 Å². The number of allylic oxidation sites excluding steroid dienone is 1. The van der Waals surface area contributed by atoms with E-state index in [4.69, 9.17) is 15.2 Å². The van der Waals surface area contributed by atoms with Crippen LogP contribution in [0, 0.1) is 18.3 Å². The van der Waals surface area contributed by atoms with E-state index in [0.29, 0.717) is 29.2 Å². The molecular weight excluding hydrogens is 308 g/mol. The van der Waals surface area contributed by atoms with Crippen molar-refractivity contribution in [2.24, 2.45) is 5.73 Å². The predicted octanol–water partition coefficient (Wildman–Crippen LogP) is 2.21. The number of methoxy groups -OCH3 is 1. The Kier molecular flexibility index (Phi) is 3.81. The number of hydrogen-bond acceptors (Lipinski definition) is 6. The van der Waals surface area contributed by atoms with Crippen molar-refractivity contribution in [1.82, 2.24) is 10.2 Å². The van der Waals surface area contributed by atoms with Crippen molar-refractivity contribution >= 4 is 0 Å². The molecule has 124 valence electrons. The standard InChI is InChI=1S/C17H18N4O3/c1-4-11-14-13(9-5-8(2)15(22)12(6-9)23-3)10(7-18)16(19)24-17(14)21-20-11/h5-6,13,22H,4,19H2,1-3H3,(H,20,21). The summed E-state index contributed by atoms with van der Waals surface area (Å²) >= 11 is 0. The van der Waals surface area contributed by atoms with E-state index >= 15 is 0 Å². The number of nitriles is 1. The molecule has 7 heteroatoms. The van der Waals surface area contributed by atoms with Gasteiger partial charge in [-0.15, -0.1) is 0 Å². The molecule has 0 bridgehead atoms. The van der Waals surface area contributed by atoms with Gasteiger partial charge in [0.15, 0.2) is 11.5 Å². The molecule has 1 aliphatic rings. The quantitative estimate of drug-likeness (QED) is 0.796. The first-order valence-electron chi connectivity index (χ1n) is 7.54. The number of H-pyrrole nitrogens is 1. The first-order valence-corrected chi connectivity index (χ1v) is 7.54. The number of aromatic nitrogens is 2. The fourth-order valence-corrected chi connectivity index (χ4v) is 3.02. The maximum atomic E-state index is 10.1. The lowest BCUT2D eigenvalue weighted by Gasteiger charge is -2.25. The third-order valence-electron chi connectivity index (χ3n) is 4.20. The maximum absolute atomic E-state index is 10.1. The zero-order valence-corrected chi connectivity index (χ0v) is 13.7. The van der Waals surface area contributed by atoms with E-state index in [1.807, 2.05) is 13.0 Å². The van der Waals surface area contributed by atoms with Gasteiger partial charge in [0.05, 0.1) is 24.3 Å². The molecule has 4 N–H and O–H groups in total. The normalized spacial score (nSPS) is 16.3. The van der Waals surface area contributed by atoms with Gasteiger partial charge in [0.25, 0.3) is 0 Å². The zero-order valence-electron chi connectivity index (χ0n) is 13.7. The molecule has 2 aromatic rings. The van der Waals surface area contributed by atoms with Gasteiger partial charge in [0.1, 0.15) is 11.6 Å². The van der Waals surface area contributed by atoms with Crippen molar-refractivity contribution in [3.05, 3.63) is 46.0 Å². The van der Waals surface area contributed by atoms with Gasteiger partial charge in [0.2, 0.25) is 11.8 Å². The van der Waals surface area contributed by atoms with Crippen LogP contribution in [-0.2, 0) is 6.42 Å². The van der Waals surface area contributed by atoms with E-state index in [2.05, 4.69) is 16.3 Å². The minimum atomic E-state index is -0.430. The van der Waals surface area contributed by atoms with Crippen LogP contribution in [0.5, 0.6) is 17.4 Å². The van der Waals surface area contributed by atoms with E-state index in [0.717, 1.165) is 16.8 Å². The average molecular weight is 326 g/mol. The van der Waals surface area contributed by atoms with E-state index < -0.39 is 5.92 Å². The molecule has 0 saturated carbocycles. The van der Waals surface area contributed by atoms with Crippen molar-refractivity contribution < 1.29 is 14.6 Å². The molecule has 1 unspecified atom stereocenters. The highest BCUT2D eigenvalue weighted by Crippen LogP contribution is 2.45. The monoisotopic (exact) mass is 326 g/mol. The number of aromatic amines is 1. The molecule has 3 rings (SSSR count). The molecule has 0 amide bonds. The van der Waals surface area contributed by atoms with Gasteiger partial charge in [0, 0.05) is 0 Å². The molecule has 1 atom stereocenters. The molecule has 1 aromatic heterocycles. The molecule has 0 saturated heterocycles. The number of fused-ring (bicyclic) bond motifs is 1. The number of nitrogens with one attached hydrogen (secondary N) is 1. The van der Waals surface area contributed by atoms with E-state index in [1.54, 1.807) is 13.0 Å². The molecule has 0 radical (unpaired) electrons. The lowest BCUT2D eigenvalue weighted by molar-refractivity contribution is 0.369. The van der Waals surface area contributed by atoms with Crippen LogP contribution < -0.4 is 15.2 Å². The third-order valence-corrected chi connectivity index (χ3v) is 4.20. The summed E-state index contributed by atoms with van der Waals surface area (Å²) in [6, 6.07) is 5.66. The number of benzene rings is 1. The number of nitrogens with two attached hydrogens (primary N) is 1. The highest BCUT2D eigenvalue weighted by Gasteiger charge is 2.35. The summed E-state index contributed by atoms with van der Waals surface area (Å²) < 4.78 is 10.8. The largest absolute Gasteiger partial charge is 0.504 e. The summed E-state index contributed by atoms with van der Waals surface area (Å²) in [6.07, 6.45) is 0.679. The first-order chi connectivity index (χ1) is 11.5. The SMILES string of the molecule is CCc1n[nH]c2c1C(c1cc(C)c(O)c(OC)c1)C(C#N)=C(N)O2. The number of aromatic hydroxyl groups is 1. The molecule has 1 aromatic carbocycles. The Morgan fingerprint density at radius 2 is 2.25 bits per heavy atom. The smallest absolute Gasteiger partial charge is 0.221 e. The number of aryl methyl sites for hydroxylation is 2. The fraction of sp³-hybridized carbons (Fsp3) is 0.294. The number of nitrogens with zero attached hydrogens (tertiary/aromatic N) is 2. The second kappa shape index (κ2) is 5.81. The van der Waals surface area contributed by atoms with Crippen LogP contribution in [0.25, 0.3) is 0 Å². The van der Waals surface area contributed by atoms with Crippen molar-refractivity contribution in [2.45, 2.75) is 26.2 Å². The van der Waals surface area contributed by atoms with E-state index in [-0.39, 0.29) is 11.6 Å². The zero-order chi connectivity index (χ0) is 17.4. The van der Waals surface area contributed by atoms with Crippen molar-refractivity contribution in [3.8, 4) is 23.4 Å². The maximum Gasteiger partial charge on any atom is 0.221 e. The Balaban J connectivity index is 2.27. The third kappa shape index (κ3) is 2.24. The molecule has 0 fully saturated rings. The van der Waals surface area contributed by atoms with Crippen LogP contribution in [-0.4, -0.2) is 22.4 Å². The van der Waals surface area contributed by atoms with Gasteiger partial charge in [-0.3, -0.25) is 0 Å². The van der Waals surface area contributed by atoms with Gasteiger partial charge >= 0.3 is 0 Å². The van der Waals surface area contributed by atoms with Gasteiger partial charge in [-0.2, -0.15) is 10.4 Å². The summed E-state index contributed by atoms with van der Waals surface area (Å²) in [5.41, 5.74) is 9.26. The molecule has 2 heterocycles. The van der Waals surface area contributed by atoms with E-state index in [9.17, 15) is 10.4 Å². The number of phenols is 1. The minimum absolute atomic E-state index is 0.0472. The Hall–Kier alpha value is -3.14. The summed E-state index contributed by atoms with van der Waals surface area (Å²) in [5, 5.41) is 26.8. The first kappa shape index (κ1) is 15.7. The van der Waals surface area contributed by atoms with Crippen LogP contribution in [0.1, 0.15) is 35.2 Å². The molecule has 24 heavy (non-hydrogen) atoms. The van der Waals surface area contributed by atoms with Crippen molar-refractivity contribution in [2.75, 3.05) is 7.11 Å². The van der Waals surface area contributed by atoms with Crippen LogP contribution in [0.4, 0.5) is 0 Å². The summed E-state index contributed by atoms with van der Waals surface area (Å²) in [6.45, 7) is 3.75. The highest BCUT2D eigenvalue weighted by atomic mass is 16.5. The highest BCUT2D eigenvalue weighted by molar-refractivity contribution is 5.58. The lowest BCUT2D eigenvalue weighted by atomic mass is 9.83. The minimum Gasteiger partial charge on any atom is -0.504 e. The number of hydrogen-bond donors (Lipinski definition) is 3. The van der Waals surface area contributed by atoms with Crippen LogP contribution in [0.15, 0.2) is 23.6 Å². The Morgan fingerprint density at radius 3 is 2.88 bits per heavy atom. The number of ether oxygens (including phenoxy) is 2. The molecule has 0 aliphatic carbocycles. The Morgan fingerprint density at radius 1 is 1.50 bits per heavy atom. The Labute approximate surface area is 139 Å². The van der Waals surface area contributed by atoms with Gasteiger partial charge in [-0.25, -0.2) is 5.10 Å². The fourth-order valence-electron chi connectivity index (χ4n) is 3.02. The average Bonchev–Trinajstić information content (AvgIpc) is 2.98. The van der Waals surface area contributed by atoms with Crippen molar-refractivity contribution in [1.29, 1.82) is 5.26 Å². The number of rotatable bonds is 3. The van der Waals surface area contributed by atoms with Gasteiger partial charge in [-0.1, -0.05) is 13.0 Å². The summed E-state index contributed by atoms with van der Waals surface area (Å²) in [4.78, 5) is 0. The van der Waals surface area contributed by atoms with Gasteiger partial charge < -0.3 is 20.3 Å². The van der Waals surface area contributed by atoms with Crippen LogP contribution in [0.2, 0.25) is 0 Å². The van der Waals surface area contributed by atoms with Crippen LogP contribution in [0.3, 0.4) is 0 Å². The predicted molar refractivity (Wildman–Crippen MR) is 86.7 cm³/mol. The second-order valence-electron chi connectivity index (χ2n) is 5.58. The summed E-state index contributed by atoms with van der Waals surface area (Å²) in [7, 11) is 1.48. The lowest BCUT2D eigenvalue weighted by Crippen LogP contribution is -2.21. The Bertz CT molecular complexity index is 877. The van der Waals surface area contributed by atoms with E-state index in [1.165, 1.54) is 7.11 Å². The molecule has 7 nitrogen and oxygen atoms in total. The molecule has 0 spiro atoms. The van der Waals surface area contributed by atoms with Crippen LogP contribution >= 0.6 is 0 Å². The number of phenolic OH excluding ortho intramolecular Hbond substituents is 1. The molecule has 1 aliphatic heterocycles. The topological polar surface area (TPSA) is 117 Å².